The van der Waals surface area contributed by atoms with E-state index in [1.807, 2.05) is 0 Å². The highest BCUT2D eigenvalue weighted by atomic mass is 127. The molecule has 0 atom stereocenters. The molecule has 2 aliphatic rings. The van der Waals surface area contributed by atoms with Crippen LogP contribution in [0.15, 0.2) is 23.2 Å². The summed E-state index contributed by atoms with van der Waals surface area (Å²) in [7, 11) is -1.67. The minimum Gasteiger partial charge on any atom is -0.354 e. The fourth-order valence-corrected chi connectivity index (χ4v) is 4.14. The zero-order chi connectivity index (χ0) is 16.4. The van der Waals surface area contributed by atoms with Crippen LogP contribution in [-0.2, 0) is 16.6 Å². The number of hydrogen-bond acceptors (Lipinski definition) is 3. The van der Waals surface area contributed by atoms with Crippen molar-refractivity contribution >= 4 is 45.6 Å². The largest absolute Gasteiger partial charge is 0.354 e. The Kier molecular flexibility index (Phi) is 6.29. The van der Waals surface area contributed by atoms with Crippen molar-refractivity contribution in [3.63, 3.8) is 0 Å². The summed E-state index contributed by atoms with van der Waals surface area (Å²) in [6, 6.07) is 5.14. The van der Waals surface area contributed by atoms with E-state index in [1.165, 1.54) is 12.1 Å². The van der Waals surface area contributed by atoms with E-state index in [0.717, 1.165) is 22.7 Å². The van der Waals surface area contributed by atoms with Gasteiger partial charge >= 0.3 is 0 Å². The molecule has 6 nitrogen and oxygen atoms in total. The van der Waals surface area contributed by atoms with Gasteiger partial charge in [0.05, 0.1) is 11.4 Å². The van der Waals surface area contributed by atoms with E-state index in [2.05, 4.69) is 15.6 Å². The Morgan fingerprint density at radius 3 is 2.71 bits per heavy atom. The van der Waals surface area contributed by atoms with Gasteiger partial charge in [-0.2, -0.15) is 0 Å². The molecule has 1 saturated heterocycles. The average Bonchev–Trinajstić information content (AvgIpc) is 3.26. The third kappa shape index (κ3) is 4.50. The summed E-state index contributed by atoms with van der Waals surface area (Å²) >= 11 is 0. The van der Waals surface area contributed by atoms with Crippen LogP contribution in [0.25, 0.3) is 0 Å². The summed E-state index contributed by atoms with van der Waals surface area (Å²) in [6.45, 7) is 0.769. The minimum absolute atomic E-state index is 0. The molecule has 2 fully saturated rings. The number of rotatable bonds is 4. The summed E-state index contributed by atoms with van der Waals surface area (Å²) in [5, 5.41) is 6.38. The van der Waals surface area contributed by atoms with Crippen LogP contribution in [0, 0.1) is 5.82 Å². The lowest BCUT2D eigenvalue weighted by Crippen LogP contribution is -2.38. The van der Waals surface area contributed by atoms with E-state index in [9.17, 15) is 12.8 Å². The van der Waals surface area contributed by atoms with Crippen molar-refractivity contribution < 1.29 is 12.8 Å². The van der Waals surface area contributed by atoms with E-state index < -0.39 is 15.8 Å². The van der Waals surface area contributed by atoms with Crippen molar-refractivity contribution in [1.29, 1.82) is 0 Å². The molecule has 1 saturated carbocycles. The molecule has 0 radical (unpaired) electrons. The van der Waals surface area contributed by atoms with Crippen LogP contribution in [0.3, 0.4) is 0 Å². The minimum atomic E-state index is -3.36. The predicted octanol–water partition coefficient (Wildman–Crippen LogP) is 1.81. The van der Waals surface area contributed by atoms with E-state index in [1.54, 1.807) is 13.1 Å². The van der Waals surface area contributed by atoms with Gasteiger partial charge in [0.2, 0.25) is 10.0 Å². The molecule has 2 N–H and O–H groups in total. The van der Waals surface area contributed by atoms with Crippen LogP contribution in [-0.4, -0.2) is 39.8 Å². The lowest BCUT2D eigenvalue weighted by Gasteiger charge is -2.18. The van der Waals surface area contributed by atoms with Gasteiger partial charge in [-0.25, -0.2) is 12.8 Å². The first-order chi connectivity index (χ1) is 11.0. The Hall–Kier alpha value is -1.10. The molecule has 0 unspecified atom stereocenters. The van der Waals surface area contributed by atoms with Crippen LogP contribution >= 0.6 is 24.0 Å². The molecule has 0 aromatic heterocycles. The van der Waals surface area contributed by atoms with E-state index in [-0.39, 0.29) is 35.4 Å². The van der Waals surface area contributed by atoms with E-state index >= 15 is 0 Å². The second-order valence-corrected chi connectivity index (χ2v) is 7.88. The van der Waals surface area contributed by atoms with Crippen LogP contribution < -0.4 is 14.9 Å². The second-order valence-electron chi connectivity index (χ2n) is 5.87. The fraction of sp³-hybridized carbons (Fsp3) is 0.533. The number of guanidine groups is 1. The Bertz CT molecular complexity index is 722. The molecule has 1 heterocycles. The van der Waals surface area contributed by atoms with Gasteiger partial charge in [-0.15, -0.1) is 24.0 Å². The maximum Gasteiger partial charge on any atom is 0.235 e. The summed E-state index contributed by atoms with van der Waals surface area (Å²) in [6.07, 6.45) is 2.83. The molecule has 0 bridgehead atoms. The molecular weight excluding hydrogens is 446 g/mol. The van der Waals surface area contributed by atoms with Gasteiger partial charge in [0.15, 0.2) is 5.96 Å². The summed E-state index contributed by atoms with van der Waals surface area (Å²) in [4.78, 5) is 4.12. The Balaban J connectivity index is 0.00000208. The van der Waals surface area contributed by atoms with E-state index in [4.69, 9.17) is 0 Å². The van der Waals surface area contributed by atoms with Gasteiger partial charge < -0.3 is 10.6 Å². The van der Waals surface area contributed by atoms with Gasteiger partial charge in [-0.05, 0) is 37.0 Å². The average molecular weight is 468 g/mol. The van der Waals surface area contributed by atoms with Crippen molar-refractivity contribution in [1.82, 2.24) is 10.6 Å². The first-order valence-corrected chi connectivity index (χ1v) is 9.36. The molecule has 9 heteroatoms. The standard InChI is InChI=1S/C15H21FN4O2S.HI/c1-17-15(19-12-4-5-12)18-10-11-3-6-14(13(16)9-11)20-7-2-8-23(20,21)22;/h3,6,9,12H,2,4-5,7-8,10H2,1H3,(H2,17,18,19);1H. The molecule has 1 aliphatic heterocycles. The predicted molar refractivity (Wildman–Crippen MR) is 104 cm³/mol. The van der Waals surface area contributed by atoms with E-state index in [0.29, 0.717) is 31.5 Å². The van der Waals surface area contributed by atoms with Gasteiger partial charge in [-0.3, -0.25) is 9.30 Å². The third-order valence-electron chi connectivity index (χ3n) is 3.98. The monoisotopic (exact) mass is 468 g/mol. The number of aliphatic imine (C=N–C) groups is 1. The summed E-state index contributed by atoms with van der Waals surface area (Å²) in [5.74, 6) is 0.262. The molecule has 1 aromatic rings. The lowest BCUT2D eigenvalue weighted by molar-refractivity contribution is 0.594. The second kappa shape index (κ2) is 7.85. The maximum atomic E-state index is 14.3. The van der Waals surface area contributed by atoms with Crippen molar-refractivity contribution in [2.75, 3.05) is 23.7 Å². The third-order valence-corrected chi connectivity index (χ3v) is 5.84. The van der Waals surface area contributed by atoms with Crippen molar-refractivity contribution in [3.8, 4) is 0 Å². The highest BCUT2D eigenvalue weighted by molar-refractivity contribution is 14.0. The number of benzene rings is 1. The molecule has 1 aliphatic carbocycles. The number of sulfonamides is 1. The number of halogens is 2. The number of nitrogens with zero attached hydrogens (tertiary/aromatic N) is 2. The SMILES string of the molecule is CN=C(NCc1ccc(N2CCCS2(=O)=O)c(F)c1)NC1CC1.I. The quantitative estimate of drug-likeness (QED) is 0.402. The van der Waals surface area contributed by atoms with Crippen LogP contribution in [0.5, 0.6) is 0 Å². The van der Waals surface area contributed by atoms with Gasteiger partial charge in [0, 0.05) is 26.2 Å². The highest BCUT2D eigenvalue weighted by Crippen LogP contribution is 2.27. The smallest absolute Gasteiger partial charge is 0.235 e. The zero-order valence-electron chi connectivity index (χ0n) is 13.5. The Morgan fingerprint density at radius 2 is 2.17 bits per heavy atom. The van der Waals surface area contributed by atoms with Crippen LogP contribution in [0.1, 0.15) is 24.8 Å². The fourth-order valence-electron chi connectivity index (χ4n) is 2.57. The topological polar surface area (TPSA) is 73.8 Å². The van der Waals surface area contributed by atoms with Crippen molar-refractivity contribution in [2.24, 2.45) is 4.99 Å². The molecule has 0 amide bonds. The number of anilines is 1. The highest BCUT2D eigenvalue weighted by Gasteiger charge is 2.30. The summed E-state index contributed by atoms with van der Waals surface area (Å²) < 4.78 is 39.2. The first-order valence-electron chi connectivity index (χ1n) is 7.75. The van der Waals surface area contributed by atoms with Crippen molar-refractivity contribution in [2.45, 2.75) is 31.8 Å². The van der Waals surface area contributed by atoms with Gasteiger partial charge in [0.25, 0.3) is 0 Å². The zero-order valence-corrected chi connectivity index (χ0v) is 16.6. The van der Waals surface area contributed by atoms with Crippen LogP contribution in [0.4, 0.5) is 10.1 Å². The Morgan fingerprint density at radius 1 is 1.42 bits per heavy atom. The molecular formula is C15H22FIN4O2S. The van der Waals surface area contributed by atoms with Gasteiger partial charge in [0.1, 0.15) is 5.82 Å². The molecule has 3 rings (SSSR count). The van der Waals surface area contributed by atoms with Crippen LogP contribution in [0.2, 0.25) is 0 Å². The molecule has 0 spiro atoms. The summed E-state index contributed by atoms with van der Waals surface area (Å²) in [5.41, 5.74) is 0.869. The molecule has 134 valence electrons. The molecule has 24 heavy (non-hydrogen) atoms. The number of hydrogen-bond donors (Lipinski definition) is 2. The van der Waals surface area contributed by atoms with Crippen molar-refractivity contribution in [3.05, 3.63) is 29.6 Å². The first kappa shape index (κ1) is 19.2. The van der Waals surface area contributed by atoms with Gasteiger partial charge in [-0.1, -0.05) is 6.07 Å². The normalized spacial score (nSPS) is 19.8. The lowest BCUT2D eigenvalue weighted by atomic mass is 10.2. The Labute approximate surface area is 159 Å². The number of nitrogens with one attached hydrogen (secondary N) is 2. The molecule has 1 aromatic carbocycles. The maximum absolute atomic E-state index is 14.3.